The number of fused-ring (bicyclic) bond motifs is 1. The molecule has 1 atom stereocenters. The van der Waals surface area contributed by atoms with Gasteiger partial charge in [0.05, 0.1) is 11.1 Å². The maximum absolute atomic E-state index is 12.6. The van der Waals surface area contributed by atoms with Crippen LogP contribution in [0.1, 0.15) is 23.2 Å². The molecule has 1 amide bonds. The van der Waals surface area contributed by atoms with E-state index >= 15 is 0 Å². The van der Waals surface area contributed by atoms with Gasteiger partial charge in [-0.3, -0.25) is 9.78 Å². The van der Waals surface area contributed by atoms with Crippen molar-refractivity contribution in [2.24, 2.45) is 0 Å². The molecule has 1 unspecified atom stereocenters. The minimum atomic E-state index is 0.0912. The van der Waals surface area contributed by atoms with Crippen molar-refractivity contribution in [1.29, 1.82) is 0 Å². The van der Waals surface area contributed by atoms with Crippen LogP contribution in [0.15, 0.2) is 36.5 Å². The Morgan fingerprint density at radius 2 is 2.16 bits per heavy atom. The van der Waals surface area contributed by atoms with Crippen LogP contribution >= 0.6 is 15.9 Å². The second-order valence-electron chi connectivity index (χ2n) is 4.87. The van der Waals surface area contributed by atoms with Crippen LogP contribution in [0.25, 0.3) is 10.9 Å². The van der Waals surface area contributed by atoms with Crippen molar-refractivity contribution < 1.29 is 4.79 Å². The number of amides is 1. The fourth-order valence-corrected chi connectivity index (χ4v) is 3.23. The minimum Gasteiger partial charge on any atom is -0.337 e. The number of carbonyl (C=O) groups excluding carboxylic acids is 1. The zero-order valence-electron chi connectivity index (χ0n) is 10.6. The van der Waals surface area contributed by atoms with Crippen LogP contribution in [0.5, 0.6) is 0 Å². The molecule has 1 aromatic carbocycles. The summed E-state index contributed by atoms with van der Waals surface area (Å²) in [5, 5.41) is 1.01. The lowest BCUT2D eigenvalue weighted by molar-refractivity contribution is 0.0732. The number of hydrogen-bond acceptors (Lipinski definition) is 2. The Morgan fingerprint density at radius 3 is 3.00 bits per heavy atom. The predicted molar refractivity (Wildman–Crippen MR) is 79.6 cm³/mol. The Bertz CT molecular complexity index is 609. The number of para-hydroxylation sites is 1. The molecule has 3 rings (SSSR count). The number of carbonyl (C=O) groups is 1. The maximum Gasteiger partial charge on any atom is 0.256 e. The number of pyridine rings is 1. The van der Waals surface area contributed by atoms with Crippen molar-refractivity contribution in [3.05, 3.63) is 42.1 Å². The van der Waals surface area contributed by atoms with Gasteiger partial charge in [-0.05, 0) is 25.0 Å². The van der Waals surface area contributed by atoms with Gasteiger partial charge in [0.1, 0.15) is 0 Å². The fraction of sp³-hybridized carbons (Fsp3) is 0.333. The first-order chi connectivity index (χ1) is 9.25. The molecule has 0 spiro atoms. The highest BCUT2D eigenvalue weighted by Gasteiger charge is 2.24. The van der Waals surface area contributed by atoms with E-state index in [0.29, 0.717) is 10.4 Å². The van der Waals surface area contributed by atoms with Gasteiger partial charge in [0.25, 0.3) is 5.91 Å². The highest BCUT2D eigenvalue weighted by atomic mass is 79.9. The van der Waals surface area contributed by atoms with Crippen molar-refractivity contribution >= 4 is 32.7 Å². The van der Waals surface area contributed by atoms with Crippen molar-refractivity contribution in [2.45, 2.75) is 17.7 Å². The van der Waals surface area contributed by atoms with Crippen LogP contribution in [0.4, 0.5) is 0 Å². The second-order valence-corrected chi connectivity index (χ2v) is 6.17. The average Bonchev–Trinajstić information content (AvgIpc) is 2.46. The van der Waals surface area contributed by atoms with E-state index in [9.17, 15) is 4.79 Å². The Kier molecular flexibility index (Phi) is 3.51. The van der Waals surface area contributed by atoms with E-state index < -0.39 is 0 Å². The summed E-state index contributed by atoms with van der Waals surface area (Å²) in [5.41, 5.74) is 1.51. The summed E-state index contributed by atoms with van der Waals surface area (Å²) in [6.45, 7) is 1.62. The molecule has 98 valence electrons. The second kappa shape index (κ2) is 5.29. The Labute approximate surface area is 120 Å². The van der Waals surface area contributed by atoms with E-state index in [0.717, 1.165) is 36.8 Å². The van der Waals surface area contributed by atoms with E-state index in [4.69, 9.17) is 0 Å². The van der Waals surface area contributed by atoms with E-state index in [1.54, 1.807) is 6.20 Å². The normalized spacial score (nSPS) is 19.6. The topological polar surface area (TPSA) is 33.2 Å². The highest BCUT2D eigenvalue weighted by molar-refractivity contribution is 9.09. The lowest BCUT2D eigenvalue weighted by Gasteiger charge is -2.30. The third-order valence-electron chi connectivity index (χ3n) is 3.51. The van der Waals surface area contributed by atoms with Crippen LogP contribution in [0, 0.1) is 0 Å². The van der Waals surface area contributed by atoms with E-state index in [1.807, 2.05) is 35.2 Å². The number of likely N-dealkylation sites (tertiary alicyclic amines) is 1. The maximum atomic E-state index is 12.6. The van der Waals surface area contributed by atoms with Crippen molar-refractivity contribution in [3.8, 4) is 0 Å². The lowest BCUT2D eigenvalue weighted by atomic mass is 10.1. The fourth-order valence-electron chi connectivity index (χ4n) is 2.56. The number of benzene rings is 1. The predicted octanol–water partition coefficient (Wildman–Crippen LogP) is 3.23. The van der Waals surface area contributed by atoms with Crippen LogP contribution < -0.4 is 0 Å². The Balaban J connectivity index is 1.97. The molecule has 1 saturated heterocycles. The molecule has 0 aliphatic carbocycles. The summed E-state index contributed by atoms with van der Waals surface area (Å²) in [5.74, 6) is 0.0912. The number of rotatable bonds is 1. The first kappa shape index (κ1) is 12.6. The quantitative estimate of drug-likeness (QED) is 0.756. The van der Waals surface area contributed by atoms with Gasteiger partial charge < -0.3 is 4.90 Å². The van der Waals surface area contributed by atoms with Crippen molar-refractivity contribution in [3.63, 3.8) is 0 Å². The number of piperidine rings is 1. The zero-order valence-corrected chi connectivity index (χ0v) is 12.1. The van der Waals surface area contributed by atoms with Crippen LogP contribution in [-0.4, -0.2) is 33.7 Å². The van der Waals surface area contributed by atoms with Crippen molar-refractivity contribution in [2.75, 3.05) is 13.1 Å². The molecule has 0 bridgehead atoms. The lowest BCUT2D eigenvalue weighted by Crippen LogP contribution is -2.40. The molecule has 2 heterocycles. The van der Waals surface area contributed by atoms with Crippen LogP contribution in [0.3, 0.4) is 0 Å². The molecule has 2 aromatic rings. The number of aromatic nitrogens is 1. The summed E-state index contributed by atoms with van der Waals surface area (Å²) < 4.78 is 0. The van der Waals surface area contributed by atoms with Gasteiger partial charge in [-0.25, -0.2) is 0 Å². The van der Waals surface area contributed by atoms with E-state index in [2.05, 4.69) is 20.9 Å². The zero-order chi connectivity index (χ0) is 13.2. The summed E-state index contributed by atoms with van der Waals surface area (Å²) in [7, 11) is 0. The van der Waals surface area contributed by atoms with Crippen LogP contribution in [0.2, 0.25) is 0 Å². The summed E-state index contributed by atoms with van der Waals surface area (Å²) in [4.78, 5) is 19.3. The summed E-state index contributed by atoms with van der Waals surface area (Å²) >= 11 is 3.61. The first-order valence-corrected chi connectivity index (χ1v) is 7.44. The Morgan fingerprint density at radius 1 is 1.32 bits per heavy atom. The van der Waals surface area contributed by atoms with Gasteiger partial charge in [-0.2, -0.15) is 0 Å². The highest BCUT2D eigenvalue weighted by Crippen LogP contribution is 2.22. The third-order valence-corrected chi connectivity index (χ3v) is 4.26. The standard InChI is InChI=1S/C15H15BrN2O/c16-12-6-3-9-18(10-12)15(19)13-7-1-4-11-5-2-8-17-14(11)13/h1-2,4-5,7-8,12H,3,6,9-10H2. The largest absolute Gasteiger partial charge is 0.337 e. The first-order valence-electron chi connectivity index (χ1n) is 6.53. The molecular formula is C15H15BrN2O. The molecule has 1 aliphatic rings. The molecule has 19 heavy (non-hydrogen) atoms. The van der Waals surface area contributed by atoms with Gasteiger partial charge in [-0.15, -0.1) is 0 Å². The monoisotopic (exact) mass is 318 g/mol. The van der Waals surface area contributed by atoms with Gasteiger partial charge in [0.2, 0.25) is 0 Å². The van der Waals surface area contributed by atoms with Gasteiger partial charge in [-0.1, -0.05) is 34.1 Å². The Hall–Kier alpha value is -1.42. The average molecular weight is 319 g/mol. The summed E-state index contributed by atoms with van der Waals surface area (Å²) in [6.07, 6.45) is 3.93. The number of hydrogen-bond donors (Lipinski definition) is 0. The number of halogens is 1. The molecule has 1 aromatic heterocycles. The molecule has 0 N–H and O–H groups in total. The van der Waals surface area contributed by atoms with Crippen LogP contribution in [-0.2, 0) is 0 Å². The number of nitrogens with zero attached hydrogens (tertiary/aromatic N) is 2. The molecule has 4 heteroatoms. The summed E-state index contributed by atoms with van der Waals surface area (Å²) in [6, 6.07) is 9.67. The SMILES string of the molecule is O=C(c1cccc2cccnc12)N1CCCC(Br)C1. The van der Waals surface area contributed by atoms with E-state index in [1.165, 1.54) is 0 Å². The van der Waals surface area contributed by atoms with Gasteiger partial charge in [0, 0.05) is 29.5 Å². The molecule has 1 aliphatic heterocycles. The molecule has 1 fully saturated rings. The molecule has 0 radical (unpaired) electrons. The molecule has 0 saturated carbocycles. The molecular weight excluding hydrogens is 304 g/mol. The molecule has 3 nitrogen and oxygen atoms in total. The number of alkyl halides is 1. The van der Waals surface area contributed by atoms with Gasteiger partial charge >= 0.3 is 0 Å². The van der Waals surface area contributed by atoms with Gasteiger partial charge in [0.15, 0.2) is 0 Å². The smallest absolute Gasteiger partial charge is 0.256 e. The minimum absolute atomic E-state index is 0.0912. The third kappa shape index (κ3) is 2.50. The van der Waals surface area contributed by atoms with E-state index in [-0.39, 0.29) is 5.91 Å². The van der Waals surface area contributed by atoms with Crippen molar-refractivity contribution in [1.82, 2.24) is 9.88 Å².